The maximum Gasteiger partial charge on any atom is 1.00 e. The second kappa shape index (κ2) is 16.6. The molecule has 0 aliphatic carbocycles. The predicted molar refractivity (Wildman–Crippen MR) is 12.2 cm³/mol. The molecule has 0 aromatic rings. The van der Waals surface area contributed by atoms with Crippen molar-refractivity contribution in [2.45, 2.75) is 0 Å². The summed E-state index contributed by atoms with van der Waals surface area (Å²) in [5.74, 6) is 0. The minimum absolute atomic E-state index is 0. The first-order valence-corrected chi connectivity index (χ1v) is 0. The molecule has 1 radical (unpaired) electrons. The molecule has 0 bridgehead atoms. The van der Waals surface area contributed by atoms with Crippen molar-refractivity contribution in [1.82, 2.24) is 0 Å². The van der Waals surface area contributed by atoms with Crippen molar-refractivity contribution in [2.75, 3.05) is 0 Å². The summed E-state index contributed by atoms with van der Waals surface area (Å²) in [6.07, 6.45) is 0. The molecular formula is H4AgNaPZr. The molecular weight excluding hydrogens is 253 g/mol. The van der Waals surface area contributed by atoms with Crippen molar-refractivity contribution in [3.8, 4) is 0 Å². The van der Waals surface area contributed by atoms with E-state index in [-0.39, 0.29) is 89.5 Å². The summed E-state index contributed by atoms with van der Waals surface area (Å²) < 4.78 is 0. The third-order valence-electron chi connectivity index (χ3n) is 0. The average molecular weight is 257 g/mol. The quantitative estimate of drug-likeness (QED) is 0.324. The van der Waals surface area contributed by atoms with Gasteiger partial charge in [0.15, 0.2) is 0 Å². The first-order valence-electron chi connectivity index (χ1n) is 0. The monoisotopic (exact) mass is 255 g/mol. The smallest absolute Gasteiger partial charge is 1.00 e. The standard InChI is InChI=1S/Ag.Na.H3P.Zr.H/h;;1H3;;/q;+1;;;-1. The van der Waals surface area contributed by atoms with E-state index in [1.54, 1.807) is 0 Å². The van der Waals surface area contributed by atoms with Gasteiger partial charge in [-0.3, -0.25) is 0 Å². The van der Waals surface area contributed by atoms with Crippen LogP contribution in [-0.2, 0) is 48.6 Å². The van der Waals surface area contributed by atoms with Crippen molar-refractivity contribution >= 4 is 9.90 Å². The molecule has 0 aromatic carbocycles. The largest absolute Gasteiger partial charge is 1.00 e. The van der Waals surface area contributed by atoms with Crippen LogP contribution in [0.1, 0.15) is 1.43 Å². The minimum Gasteiger partial charge on any atom is -1.00 e. The summed E-state index contributed by atoms with van der Waals surface area (Å²) in [5.41, 5.74) is 0. The fourth-order valence-corrected chi connectivity index (χ4v) is 0. The molecule has 1 atom stereocenters. The van der Waals surface area contributed by atoms with Gasteiger partial charge >= 0.3 is 29.6 Å². The Morgan fingerprint density at radius 1 is 1.25 bits per heavy atom. The summed E-state index contributed by atoms with van der Waals surface area (Å²) in [4.78, 5) is 0. The second-order valence-electron chi connectivity index (χ2n) is 0. The van der Waals surface area contributed by atoms with Crippen LogP contribution in [0.4, 0.5) is 0 Å². The Morgan fingerprint density at radius 3 is 1.25 bits per heavy atom. The summed E-state index contributed by atoms with van der Waals surface area (Å²) in [7, 11) is 0. The van der Waals surface area contributed by atoms with Gasteiger partial charge in [0.25, 0.3) is 0 Å². The van der Waals surface area contributed by atoms with E-state index in [2.05, 4.69) is 0 Å². The van der Waals surface area contributed by atoms with Gasteiger partial charge in [-0.15, -0.1) is 0 Å². The zero-order chi connectivity index (χ0) is 0. The molecule has 25 valence electrons. The SMILES string of the molecule is P.[Ag].[H-].[Na+].[Zr]. The van der Waals surface area contributed by atoms with Gasteiger partial charge in [-0.2, -0.15) is 9.90 Å². The summed E-state index contributed by atoms with van der Waals surface area (Å²) in [6.45, 7) is 0. The van der Waals surface area contributed by atoms with E-state index in [0.29, 0.717) is 0 Å². The van der Waals surface area contributed by atoms with E-state index in [9.17, 15) is 0 Å². The van der Waals surface area contributed by atoms with Crippen LogP contribution in [0.3, 0.4) is 0 Å². The summed E-state index contributed by atoms with van der Waals surface area (Å²) >= 11 is 0. The zero-order valence-electron chi connectivity index (χ0n) is 3.51. The predicted octanol–water partition coefficient (Wildman–Crippen LogP) is -2.83. The van der Waals surface area contributed by atoms with Crippen molar-refractivity contribution in [1.29, 1.82) is 0 Å². The van der Waals surface area contributed by atoms with Crippen LogP contribution in [0, 0.1) is 0 Å². The molecule has 0 amide bonds. The van der Waals surface area contributed by atoms with Crippen LogP contribution in [-0.4, -0.2) is 0 Å². The van der Waals surface area contributed by atoms with Crippen molar-refractivity contribution in [3.63, 3.8) is 0 Å². The Bertz CT molecular complexity index is 11.6. The maximum atomic E-state index is 0. The van der Waals surface area contributed by atoms with E-state index in [0.717, 1.165) is 0 Å². The fraction of sp³-hybridized carbons (Fsp3) is 0. The molecule has 0 heterocycles. The Morgan fingerprint density at radius 2 is 1.25 bits per heavy atom. The second-order valence-corrected chi connectivity index (χ2v) is 0. The van der Waals surface area contributed by atoms with Gasteiger partial charge in [-0.25, -0.2) is 0 Å². The zero-order valence-corrected chi connectivity index (χ0v) is 9.86. The third kappa shape index (κ3) is 8.91. The number of hydrogen-bond acceptors (Lipinski definition) is 0. The maximum absolute atomic E-state index is 0. The molecule has 4 heteroatoms. The van der Waals surface area contributed by atoms with Gasteiger partial charge in [-0.1, -0.05) is 0 Å². The van der Waals surface area contributed by atoms with Crippen molar-refractivity contribution in [2.24, 2.45) is 0 Å². The molecule has 0 aromatic heterocycles. The van der Waals surface area contributed by atoms with Crippen LogP contribution < -0.4 is 29.6 Å². The van der Waals surface area contributed by atoms with Gasteiger partial charge < -0.3 is 1.43 Å². The molecule has 0 fully saturated rings. The molecule has 4 heavy (non-hydrogen) atoms. The Labute approximate surface area is 87.9 Å². The Kier molecular flexibility index (Phi) is 115. The molecule has 0 saturated carbocycles. The van der Waals surface area contributed by atoms with Gasteiger partial charge in [-0.05, 0) is 0 Å². The van der Waals surface area contributed by atoms with E-state index in [1.165, 1.54) is 0 Å². The molecule has 0 saturated heterocycles. The van der Waals surface area contributed by atoms with Crippen LogP contribution in [0.15, 0.2) is 0 Å². The molecule has 0 spiro atoms. The van der Waals surface area contributed by atoms with Gasteiger partial charge in [0, 0.05) is 48.6 Å². The molecule has 0 aliphatic rings. The molecule has 1 unspecified atom stereocenters. The summed E-state index contributed by atoms with van der Waals surface area (Å²) in [5, 5.41) is 0. The fourth-order valence-electron chi connectivity index (χ4n) is 0. The van der Waals surface area contributed by atoms with Crippen LogP contribution >= 0.6 is 9.90 Å². The Balaban J connectivity index is 0. The molecule has 0 N–H and O–H groups in total. The van der Waals surface area contributed by atoms with Gasteiger partial charge in [0.1, 0.15) is 0 Å². The topological polar surface area (TPSA) is 0 Å². The molecule has 0 nitrogen and oxygen atoms in total. The van der Waals surface area contributed by atoms with Gasteiger partial charge in [0.05, 0.1) is 0 Å². The number of hydrogen-bond donors (Lipinski definition) is 0. The number of rotatable bonds is 0. The average Bonchev–Trinajstić information content (AvgIpc) is 0. The first kappa shape index (κ1) is 27.7. The van der Waals surface area contributed by atoms with E-state index < -0.39 is 0 Å². The Hall–Kier alpha value is 3.05. The van der Waals surface area contributed by atoms with Gasteiger partial charge in [0.2, 0.25) is 0 Å². The van der Waals surface area contributed by atoms with Crippen molar-refractivity contribution < 1.29 is 79.6 Å². The van der Waals surface area contributed by atoms with E-state index in [4.69, 9.17) is 0 Å². The van der Waals surface area contributed by atoms with E-state index >= 15 is 0 Å². The van der Waals surface area contributed by atoms with Crippen LogP contribution in [0.2, 0.25) is 0 Å². The normalized spacial score (nSPS) is 0. The van der Waals surface area contributed by atoms with Crippen LogP contribution in [0.25, 0.3) is 0 Å². The van der Waals surface area contributed by atoms with E-state index in [1.807, 2.05) is 0 Å². The molecule has 0 aliphatic heterocycles. The van der Waals surface area contributed by atoms with Crippen LogP contribution in [0.5, 0.6) is 0 Å². The molecule has 0 rings (SSSR count). The summed E-state index contributed by atoms with van der Waals surface area (Å²) in [6, 6.07) is 0. The first-order chi connectivity index (χ1) is 0. The third-order valence-corrected chi connectivity index (χ3v) is 0. The minimum atomic E-state index is 0. The van der Waals surface area contributed by atoms with Crippen molar-refractivity contribution in [3.05, 3.63) is 0 Å².